The zero-order chi connectivity index (χ0) is 12.3. The summed E-state index contributed by atoms with van der Waals surface area (Å²) < 4.78 is 37.5. The molecule has 1 saturated heterocycles. The molecule has 0 aromatic rings. The number of rotatable bonds is 2. The molecular weight excluding hydrogens is 223 g/mol. The molecule has 4 nitrogen and oxygen atoms in total. The van der Waals surface area contributed by atoms with Crippen LogP contribution in [0.15, 0.2) is 0 Å². The number of likely N-dealkylation sites (tertiary alicyclic amines) is 1. The van der Waals surface area contributed by atoms with E-state index in [0.717, 1.165) is 0 Å². The standard InChI is InChI=1S/C9H16F3N3O/c1-6(8(16)14-13)15-4-2-3-7(5-15)9(10,11)12/h6-7H,2-5,13H2,1H3,(H,14,16). The van der Waals surface area contributed by atoms with Gasteiger partial charge in [-0.25, -0.2) is 5.84 Å². The second-order valence-electron chi connectivity index (χ2n) is 4.06. The maximum absolute atomic E-state index is 12.5. The molecule has 0 aromatic heterocycles. The van der Waals surface area contributed by atoms with Crippen molar-refractivity contribution in [1.82, 2.24) is 10.3 Å². The fraction of sp³-hybridized carbons (Fsp3) is 0.889. The molecule has 1 rings (SSSR count). The average Bonchev–Trinajstić information content (AvgIpc) is 2.26. The van der Waals surface area contributed by atoms with Crippen LogP contribution < -0.4 is 11.3 Å². The molecule has 0 radical (unpaired) electrons. The van der Waals surface area contributed by atoms with Crippen LogP contribution in [0.4, 0.5) is 13.2 Å². The van der Waals surface area contributed by atoms with E-state index >= 15 is 0 Å². The van der Waals surface area contributed by atoms with E-state index in [4.69, 9.17) is 5.84 Å². The highest BCUT2D eigenvalue weighted by Gasteiger charge is 2.43. The van der Waals surface area contributed by atoms with Crippen LogP contribution in [0.2, 0.25) is 0 Å². The molecule has 3 N–H and O–H groups in total. The molecule has 1 amide bonds. The van der Waals surface area contributed by atoms with Crippen LogP contribution in [0.25, 0.3) is 0 Å². The lowest BCUT2D eigenvalue weighted by Crippen LogP contribution is -2.52. The Bertz CT molecular complexity index is 257. The van der Waals surface area contributed by atoms with Gasteiger partial charge in [0.1, 0.15) is 0 Å². The van der Waals surface area contributed by atoms with Crippen LogP contribution in [-0.4, -0.2) is 36.1 Å². The van der Waals surface area contributed by atoms with Gasteiger partial charge in [-0.05, 0) is 26.3 Å². The van der Waals surface area contributed by atoms with Gasteiger partial charge in [-0.15, -0.1) is 0 Å². The van der Waals surface area contributed by atoms with Gasteiger partial charge in [0, 0.05) is 6.54 Å². The van der Waals surface area contributed by atoms with E-state index in [0.29, 0.717) is 13.0 Å². The number of halogens is 3. The lowest BCUT2D eigenvalue weighted by molar-refractivity contribution is -0.188. The third-order valence-electron chi connectivity index (χ3n) is 2.99. The molecule has 1 heterocycles. The number of hydrogen-bond acceptors (Lipinski definition) is 3. The highest BCUT2D eigenvalue weighted by atomic mass is 19.4. The van der Waals surface area contributed by atoms with Gasteiger partial charge in [-0.2, -0.15) is 13.2 Å². The van der Waals surface area contributed by atoms with Crippen LogP contribution in [-0.2, 0) is 4.79 Å². The van der Waals surface area contributed by atoms with Crippen molar-refractivity contribution in [2.75, 3.05) is 13.1 Å². The van der Waals surface area contributed by atoms with Gasteiger partial charge in [-0.1, -0.05) is 0 Å². The summed E-state index contributed by atoms with van der Waals surface area (Å²) in [7, 11) is 0. The second kappa shape index (κ2) is 5.01. The maximum Gasteiger partial charge on any atom is 0.393 e. The Morgan fingerprint density at radius 2 is 2.19 bits per heavy atom. The summed E-state index contributed by atoms with van der Waals surface area (Å²) >= 11 is 0. The molecule has 7 heteroatoms. The number of nitrogens with one attached hydrogen (secondary N) is 1. The van der Waals surface area contributed by atoms with Gasteiger partial charge in [0.05, 0.1) is 12.0 Å². The van der Waals surface area contributed by atoms with Crippen LogP contribution in [0.1, 0.15) is 19.8 Å². The Morgan fingerprint density at radius 1 is 1.56 bits per heavy atom. The summed E-state index contributed by atoms with van der Waals surface area (Å²) in [5, 5.41) is 0. The van der Waals surface area contributed by atoms with Crippen molar-refractivity contribution >= 4 is 5.91 Å². The summed E-state index contributed by atoms with van der Waals surface area (Å²) in [6.45, 7) is 1.93. The number of carbonyl (C=O) groups is 1. The number of alkyl halides is 3. The zero-order valence-electron chi connectivity index (χ0n) is 9.05. The van der Waals surface area contributed by atoms with Crippen LogP contribution in [0.5, 0.6) is 0 Å². The summed E-state index contributed by atoms with van der Waals surface area (Å²) in [4.78, 5) is 12.7. The maximum atomic E-state index is 12.5. The topological polar surface area (TPSA) is 58.4 Å². The third kappa shape index (κ3) is 3.08. The molecule has 1 aliphatic rings. The summed E-state index contributed by atoms with van der Waals surface area (Å²) in [6, 6.07) is -0.616. The van der Waals surface area contributed by atoms with E-state index in [2.05, 4.69) is 0 Å². The Labute approximate surface area is 91.9 Å². The van der Waals surface area contributed by atoms with Crippen molar-refractivity contribution in [3.63, 3.8) is 0 Å². The van der Waals surface area contributed by atoms with E-state index in [-0.39, 0.29) is 13.0 Å². The molecule has 16 heavy (non-hydrogen) atoms. The molecule has 0 saturated carbocycles. The first-order chi connectivity index (χ1) is 7.36. The Morgan fingerprint density at radius 3 is 2.69 bits per heavy atom. The number of nitrogens with zero attached hydrogens (tertiary/aromatic N) is 1. The van der Waals surface area contributed by atoms with Crippen LogP contribution in [0.3, 0.4) is 0 Å². The highest BCUT2D eigenvalue weighted by molar-refractivity contribution is 5.80. The van der Waals surface area contributed by atoms with E-state index < -0.39 is 24.0 Å². The monoisotopic (exact) mass is 239 g/mol. The number of amides is 1. The van der Waals surface area contributed by atoms with Crippen molar-refractivity contribution in [1.29, 1.82) is 0 Å². The molecule has 0 aliphatic carbocycles. The quantitative estimate of drug-likeness (QED) is 0.422. The highest BCUT2D eigenvalue weighted by Crippen LogP contribution is 2.33. The van der Waals surface area contributed by atoms with E-state index in [9.17, 15) is 18.0 Å². The minimum atomic E-state index is -4.18. The predicted molar refractivity (Wildman–Crippen MR) is 52.1 cm³/mol. The lowest BCUT2D eigenvalue weighted by Gasteiger charge is -2.36. The lowest BCUT2D eigenvalue weighted by atomic mass is 9.96. The molecular formula is C9H16F3N3O. The predicted octanol–water partition coefficient (Wildman–Crippen LogP) is 0.639. The van der Waals surface area contributed by atoms with Gasteiger partial charge in [-0.3, -0.25) is 15.1 Å². The first-order valence-electron chi connectivity index (χ1n) is 5.17. The van der Waals surface area contributed by atoms with Crippen molar-refractivity contribution < 1.29 is 18.0 Å². The van der Waals surface area contributed by atoms with Crippen LogP contribution >= 0.6 is 0 Å². The third-order valence-corrected chi connectivity index (χ3v) is 2.99. The van der Waals surface area contributed by atoms with E-state index in [1.165, 1.54) is 4.90 Å². The smallest absolute Gasteiger partial charge is 0.293 e. The van der Waals surface area contributed by atoms with Crippen molar-refractivity contribution in [2.24, 2.45) is 11.8 Å². The van der Waals surface area contributed by atoms with Crippen LogP contribution in [0, 0.1) is 5.92 Å². The Hall–Kier alpha value is -0.820. The number of piperidine rings is 1. The number of hydrogen-bond donors (Lipinski definition) is 2. The minimum absolute atomic E-state index is 0.127. The SMILES string of the molecule is CC(C(=O)NN)N1CCCC(C(F)(F)F)C1. The molecule has 0 bridgehead atoms. The molecule has 94 valence electrons. The van der Waals surface area contributed by atoms with Gasteiger partial charge >= 0.3 is 6.18 Å². The van der Waals surface area contributed by atoms with Gasteiger partial charge < -0.3 is 0 Å². The van der Waals surface area contributed by atoms with Crippen molar-refractivity contribution in [3.05, 3.63) is 0 Å². The number of carbonyl (C=O) groups excluding carboxylic acids is 1. The molecule has 1 aliphatic heterocycles. The molecule has 1 fully saturated rings. The Balaban J connectivity index is 2.60. The van der Waals surface area contributed by atoms with Gasteiger partial charge in [0.25, 0.3) is 5.91 Å². The van der Waals surface area contributed by atoms with Gasteiger partial charge in [0.15, 0.2) is 0 Å². The van der Waals surface area contributed by atoms with Crippen molar-refractivity contribution in [2.45, 2.75) is 32.0 Å². The molecule has 2 atom stereocenters. The number of hydrazine groups is 1. The first kappa shape index (κ1) is 13.2. The Kier molecular flexibility index (Phi) is 4.15. The minimum Gasteiger partial charge on any atom is -0.293 e. The molecule has 0 spiro atoms. The largest absolute Gasteiger partial charge is 0.393 e. The van der Waals surface area contributed by atoms with E-state index in [1.807, 2.05) is 5.43 Å². The summed E-state index contributed by atoms with van der Waals surface area (Å²) in [6.07, 6.45) is -3.60. The fourth-order valence-electron chi connectivity index (χ4n) is 1.91. The number of nitrogens with two attached hydrogens (primary N) is 1. The molecule has 0 aromatic carbocycles. The fourth-order valence-corrected chi connectivity index (χ4v) is 1.91. The first-order valence-corrected chi connectivity index (χ1v) is 5.17. The second-order valence-corrected chi connectivity index (χ2v) is 4.06. The van der Waals surface area contributed by atoms with Crippen molar-refractivity contribution in [3.8, 4) is 0 Å². The van der Waals surface area contributed by atoms with Gasteiger partial charge in [0.2, 0.25) is 0 Å². The summed E-state index contributed by atoms with van der Waals surface area (Å²) in [5.74, 6) is 3.16. The van der Waals surface area contributed by atoms with E-state index in [1.54, 1.807) is 6.92 Å². The zero-order valence-corrected chi connectivity index (χ0v) is 9.05. The average molecular weight is 239 g/mol. The normalized spacial score (nSPS) is 25.2. The molecule has 2 unspecified atom stereocenters. The summed E-state index contributed by atoms with van der Waals surface area (Å²) in [5.41, 5.74) is 1.95.